The normalized spacial score (nSPS) is 22.1. The van der Waals surface area contributed by atoms with Crippen LogP contribution in [0.3, 0.4) is 0 Å². The molecule has 0 aromatic rings. The first-order chi connectivity index (χ1) is 5.83. The third kappa shape index (κ3) is 2.61. The molecule has 1 saturated heterocycles. The fourth-order valence-electron chi connectivity index (χ4n) is 1.75. The lowest BCUT2D eigenvalue weighted by Gasteiger charge is -2.32. The van der Waals surface area contributed by atoms with Gasteiger partial charge in [-0.05, 0) is 12.1 Å². The minimum atomic E-state index is -1.48. The van der Waals surface area contributed by atoms with Gasteiger partial charge in [0.25, 0.3) is 0 Å². The highest BCUT2D eigenvalue weighted by molar-refractivity contribution is 6.80. The van der Waals surface area contributed by atoms with Crippen LogP contribution < -0.4 is 0 Å². The third-order valence-electron chi connectivity index (χ3n) is 2.52. The maximum atomic E-state index is 5.98. The molecule has 12 heavy (non-hydrogen) atoms. The lowest BCUT2D eigenvalue weighted by Crippen LogP contribution is -2.42. The zero-order valence-corrected chi connectivity index (χ0v) is 9.28. The molecular formula is C9H17ClOSi. The molecule has 0 atom stereocenters. The maximum absolute atomic E-state index is 5.98. The van der Waals surface area contributed by atoms with Gasteiger partial charge in [0, 0.05) is 5.50 Å². The fraction of sp³-hybridized carbons (Fsp3) is 0.778. The van der Waals surface area contributed by atoms with Crippen LogP contribution in [0.5, 0.6) is 0 Å². The summed E-state index contributed by atoms with van der Waals surface area (Å²) < 4.78 is 5.86. The highest BCUT2D eigenvalue weighted by Crippen LogP contribution is 2.30. The summed E-state index contributed by atoms with van der Waals surface area (Å²) >= 11 is 5.98. The Morgan fingerprint density at radius 2 is 2.00 bits per heavy atom. The largest absolute Gasteiger partial charge is 0.412 e. The Kier molecular flexibility index (Phi) is 4.33. The van der Waals surface area contributed by atoms with E-state index in [1.54, 1.807) is 0 Å². The van der Waals surface area contributed by atoms with Crippen molar-refractivity contribution in [2.24, 2.45) is 0 Å². The highest BCUT2D eigenvalue weighted by atomic mass is 35.5. The van der Waals surface area contributed by atoms with Crippen LogP contribution in [0.15, 0.2) is 12.7 Å². The van der Waals surface area contributed by atoms with Crippen molar-refractivity contribution < 1.29 is 4.43 Å². The molecule has 70 valence electrons. The standard InChI is InChI=1S/C9H17ClOSi/c1-2-6-11-12(9-10)7-4-3-5-8-12/h2H,1,3-9H2. The van der Waals surface area contributed by atoms with Crippen LogP contribution in [-0.4, -0.2) is 20.4 Å². The molecule has 1 aliphatic rings. The van der Waals surface area contributed by atoms with E-state index in [4.69, 9.17) is 16.0 Å². The summed E-state index contributed by atoms with van der Waals surface area (Å²) in [5, 5.41) is 0. The molecule has 1 nitrogen and oxygen atoms in total. The van der Waals surface area contributed by atoms with Gasteiger partial charge >= 0.3 is 0 Å². The molecule has 1 heterocycles. The Labute approximate surface area is 80.9 Å². The van der Waals surface area contributed by atoms with Gasteiger partial charge in [-0.3, -0.25) is 0 Å². The van der Waals surface area contributed by atoms with E-state index in [-0.39, 0.29) is 0 Å². The third-order valence-corrected chi connectivity index (χ3v) is 7.77. The Morgan fingerprint density at radius 1 is 1.33 bits per heavy atom. The molecule has 0 aromatic heterocycles. The van der Waals surface area contributed by atoms with Crippen molar-refractivity contribution in [2.75, 3.05) is 12.1 Å². The van der Waals surface area contributed by atoms with Crippen LogP contribution in [-0.2, 0) is 4.43 Å². The minimum Gasteiger partial charge on any atom is -0.412 e. The van der Waals surface area contributed by atoms with Gasteiger partial charge in [0.15, 0.2) is 0 Å². The van der Waals surface area contributed by atoms with Crippen molar-refractivity contribution in [2.45, 2.75) is 31.4 Å². The smallest absolute Gasteiger partial charge is 0.207 e. The number of halogens is 1. The molecule has 1 aliphatic heterocycles. The molecule has 0 amide bonds. The average molecular weight is 205 g/mol. The van der Waals surface area contributed by atoms with E-state index in [1.165, 1.54) is 31.4 Å². The van der Waals surface area contributed by atoms with Crippen LogP contribution in [0.1, 0.15) is 19.3 Å². The molecule has 3 heteroatoms. The summed E-state index contributed by atoms with van der Waals surface area (Å²) in [7, 11) is -1.48. The van der Waals surface area contributed by atoms with Crippen LogP contribution >= 0.6 is 11.6 Å². The summed E-state index contributed by atoms with van der Waals surface area (Å²) in [6, 6.07) is 2.51. The van der Waals surface area contributed by atoms with Crippen molar-refractivity contribution in [3.63, 3.8) is 0 Å². The summed E-state index contributed by atoms with van der Waals surface area (Å²) in [6.45, 7) is 4.36. The van der Waals surface area contributed by atoms with Gasteiger partial charge in [0.2, 0.25) is 8.32 Å². The predicted octanol–water partition coefficient (Wildman–Crippen LogP) is 3.10. The van der Waals surface area contributed by atoms with Gasteiger partial charge in [-0.15, -0.1) is 18.2 Å². The molecule has 1 rings (SSSR count). The van der Waals surface area contributed by atoms with Crippen molar-refractivity contribution >= 4 is 19.9 Å². The van der Waals surface area contributed by atoms with Crippen molar-refractivity contribution in [1.82, 2.24) is 0 Å². The molecule has 0 aliphatic carbocycles. The first-order valence-electron chi connectivity index (χ1n) is 4.64. The number of hydrogen-bond donors (Lipinski definition) is 0. The van der Waals surface area contributed by atoms with Gasteiger partial charge in [0.1, 0.15) is 0 Å². The molecule has 1 fully saturated rings. The monoisotopic (exact) mass is 204 g/mol. The molecule has 0 bridgehead atoms. The Morgan fingerprint density at radius 3 is 2.50 bits per heavy atom. The Bertz CT molecular complexity index is 143. The average Bonchev–Trinajstić information content (AvgIpc) is 2.16. The second kappa shape index (κ2) is 5.05. The van der Waals surface area contributed by atoms with Gasteiger partial charge < -0.3 is 4.43 Å². The van der Waals surface area contributed by atoms with Gasteiger partial charge in [-0.1, -0.05) is 25.3 Å². The van der Waals surface area contributed by atoms with Crippen molar-refractivity contribution in [3.05, 3.63) is 12.7 Å². The van der Waals surface area contributed by atoms with E-state index in [9.17, 15) is 0 Å². The van der Waals surface area contributed by atoms with E-state index in [2.05, 4.69) is 6.58 Å². The fourth-order valence-corrected chi connectivity index (χ4v) is 5.92. The van der Waals surface area contributed by atoms with Gasteiger partial charge in [0.05, 0.1) is 6.61 Å². The van der Waals surface area contributed by atoms with E-state index in [0.29, 0.717) is 6.61 Å². The second-order valence-corrected chi connectivity index (χ2v) is 8.20. The van der Waals surface area contributed by atoms with Gasteiger partial charge in [-0.25, -0.2) is 0 Å². The SMILES string of the molecule is C=CCO[Si]1(CCl)CCCCC1. The highest BCUT2D eigenvalue weighted by Gasteiger charge is 2.35. The molecule has 0 spiro atoms. The topological polar surface area (TPSA) is 9.23 Å². The van der Waals surface area contributed by atoms with Crippen LogP contribution in [0, 0.1) is 0 Å². The van der Waals surface area contributed by atoms with Crippen LogP contribution in [0.4, 0.5) is 0 Å². The minimum absolute atomic E-state index is 0.693. The predicted molar refractivity (Wildman–Crippen MR) is 56.1 cm³/mol. The molecule has 0 N–H and O–H groups in total. The summed E-state index contributed by atoms with van der Waals surface area (Å²) in [5.41, 5.74) is 0.765. The van der Waals surface area contributed by atoms with Gasteiger partial charge in [-0.2, -0.15) is 0 Å². The molecule has 0 unspecified atom stereocenters. The second-order valence-electron chi connectivity index (χ2n) is 3.48. The number of hydrogen-bond acceptors (Lipinski definition) is 1. The van der Waals surface area contributed by atoms with E-state index < -0.39 is 8.32 Å². The van der Waals surface area contributed by atoms with Crippen LogP contribution in [0.2, 0.25) is 12.1 Å². The zero-order chi connectivity index (χ0) is 8.86. The Hall–Kier alpha value is 0.207. The lowest BCUT2D eigenvalue weighted by molar-refractivity contribution is 0.335. The molecule has 0 radical (unpaired) electrons. The lowest BCUT2D eigenvalue weighted by atomic mass is 10.3. The summed E-state index contributed by atoms with van der Waals surface area (Å²) in [6.07, 6.45) is 5.82. The Balaban J connectivity index is 2.41. The van der Waals surface area contributed by atoms with E-state index >= 15 is 0 Å². The van der Waals surface area contributed by atoms with E-state index in [1.807, 2.05) is 6.08 Å². The number of rotatable bonds is 4. The zero-order valence-electron chi connectivity index (χ0n) is 7.52. The number of alkyl halides is 1. The summed E-state index contributed by atoms with van der Waals surface area (Å²) in [5.74, 6) is 0. The molecule has 0 aromatic carbocycles. The summed E-state index contributed by atoms with van der Waals surface area (Å²) in [4.78, 5) is 0. The van der Waals surface area contributed by atoms with Crippen molar-refractivity contribution in [1.29, 1.82) is 0 Å². The maximum Gasteiger partial charge on any atom is 0.207 e. The quantitative estimate of drug-likeness (QED) is 0.389. The first kappa shape index (κ1) is 10.3. The van der Waals surface area contributed by atoms with Crippen LogP contribution in [0.25, 0.3) is 0 Å². The molecular weight excluding hydrogens is 188 g/mol. The van der Waals surface area contributed by atoms with E-state index in [0.717, 1.165) is 5.50 Å². The first-order valence-corrected chi connectivity index (χ1v) is 7.70. The van der Waals surface area contributed by atoms with Crippen molar-refractivity contribution in [3.8, 4) is 0 Å². The molecule has 0 saturated carbocycles.